The minimum absolute atomic E-state index is 0.0968. The van der Waals surface area contributed by atoms with Crippen LogP contribution in [0.5, 0.6) is 0 Å². The van der Waals surface area contributed by atoms with Crippen LogP contribution in [-0.4, -0.2) is 11.6 Å². The number of rotatable bonds is 0. The van der Waals surface area contributed by atoms with Gasteiger partial charge in [-0.3, -0.25) is 9.59 Å². The lowest BCUT2D eigenvalue weighted by Gasteiger charge is -2.19. The number of benzene rings is 2. The molecule has 0 aliphatic heterocycles. The highest BCUT2D eigenvalue weighted by Crippen LogP contribution is 2.32. The van der Waals surface area contributed by atoms with E-state index in [4.69, 9.17) is 0 Å². The fraction of sp³-hybridized carbons (Fsp3) is 0. The number of hydrogen-bond donors (Lipinski definition) is 1. The Morgan fingerprint density at radius 1 is 0.833 bits per heavy atom. The van der Waals surface area contributed by atoms with Crippen molar-refractivity contribution in [2.75, 3.05) is 0 Å². The minimum Gasteiger partial charge on any atom is -0.289 e. The molecule has 0 amide bonds. The quantitative estimate of drug-likeness (QED) is 0.489. The number of carbonyl (C=O) groups is 2. The lowest BCUT2D eigenvalue weighted by atomic mass is 9.84. The summed E-state index contributed by atoms with van der Waals surface area (Å²) in [7, 11) is 0. The fourth-order valence-electron chi connectivity index (χ4n) is 2.18. The van der Waals surface area contributed by atoms with Gasteiger partial charge in [-0.25, -0.2) is 0 Å². The highest BCUT2D eigenvalue weighted by Gasteiger charge is 2.32. The highest BCUT2D eigenvalue weighted by atomic mass is 127. The number of ketones is 2. The van der Waals surface area contributed by atoms with Gasteiger partial charge in [-0.05, 0) is 34.7 Å². The van der Waals surface area contributed by atoms with Gasteiger partial charge in [0.05, 0.1) is 0 Å². The van der Waals surface area contributed by atoms with Crippen molar-refractivity contribution in [1.82, 2.24) is 0 Å². The molecule has 0 fully saturated rings. The third-order valence-electron chi connectivity index (χ3n) is 3.00. The summed E-state index contributed by atoms with van der Waals surface area (Å²) in [6.07, 6.45) is 0. The smallest absolute Gasteiger partial charge is 0.195 e. The van der Waals surface area contributed by atoms with Gasteiger partial charge in [-0.1, -0.05) is 24.3 Å². The first kappa shape index (κ1) is 11.9. The number of thiol groups is 1. The largest absolute Gasteiger partial charge is 0.289 e. The molecule has 2 aromatic carbocycles. The molecule has 3 rings (SSSR count). The molecule has 0 spiro atoms. The van der Waals surface area contributed by atoms with E-state index in [1.807, 2.05) is 6.07 Å². The van der Waals surface area contributed by atoms with E-state index in [0.29, 0.717) is 27.1 Å². The third kappa shape index (κ3) is 1.55. The van der Waals surface area contributed by atoms with Crippen molar-refractivity contribution in [2.24, 2.45) is 0 Å². The second-order valence-electron chi connectivity index (χ2n) is 4.02. The van der Waals surface area contributed by atoms with Gasteiger partial charge in [0, 0.05) is 30.7 Å². The van der Waals surface area contributed by atoms with Crippen molar-refractivity contribution < 1.29 is 9.59 Å². The minimum atomic E-state index is -0.122. The number of halogens is 1. The highest BCUT2D eigenvalue weighted by molar-refractivity contribution is 14.1. The van der Waals surface area contributed by atoms with E-state index in [9.17, 15) is 9.59 Å². The van der Waals surface area contributed by atoms with Gasteiger partial charge in [-0.15, -0.1) is 12.6 Å². The molecule has 0 bridgehead atoms. The zero-order valence-electron chi connectivity index (χ0n) is 9.11. The summed E-state index contributed by atoms with van der Waals surface area (Å²) in [5.74, 6) is -0.218. The molecule has 1 aliphatic rings. The Bertz CT molecular complexity index is 645. The molecule has 0 saturated heterocycles. The molecule has 2 aromatic rings. The molecule has 0 unspecified atom stereocenters. The van der Waals surface area contributed by atoms with Gasteiger partial charge in [0.2, 0.25) is 0 Å². The van der Waals surface area contributed by atoms with Crippen molar-refractivity contribution in [3.8, 4) is 0 Å². The topological polar surface area (TPSA) is 34.1 Å². The average Bonchev–Trinajstić information content (AvgIpc) is 2.35. The summed E-state index contributed by atoms with van der Waals surface area (Å²) in [6, 6.07) is 10.5. The van der Waals surface area contributed by atoms with E-state index in [-0.39, 0.29) is 11.6 Å². The number of carbonyl (C=O) groups excluding carboxylic acids is 2. The van der Waals surface area contributed by atoms with Gasteiger partial charge < -0.3 is 0 Å². The average molecular weight is 366 g/mol. The van der Waals surface area contributed by atoms with E-state index in [2.05, 4.69) is 35.2 Å². The number of hydrogen-bond acceptors (Lipinski definition) is 3. The Labute approximate surface area is 123 Å². The maximum Gasteiger partial charge on any atom is 0.195 e. The van der Waals surface area contributed by atoms with Crippen LogP contribution >= 0.6 is 35.2 Å². The Hall–Kier alpha value is -1.14. The van der Waals surface area contributed by atoms with Crippen molar-refractivity contribution in [3.05, 3.63) is 62.2 Å². The Morgan fingerprint density at radius 3 is 2.11 bits per heavy atom. The van der Waals surface area contributed by atoms with Crippen molar-refractivity contribution in [3.63, 3.8) is 0 Å². The molecule has 18 heavy (non-hydrogen) atoms. The van der Waals surface area contributed by atoms with Gasteiger partial charge in [0.1, 0.15) is 0 Å². The van der Waals surface area contributed by atoms with E-state index in [1.165, 1.54) is 0 Å². The van der Waals surface area contributed by atoms with E-state index < -0.39 is 0 Å². The second-order valence-corrected chi connectivity index (χ2v) is 5.66. The molecule has 2 nitrogen and oxygen atoms in total. The molecular weight excluding hydrogens is 359 g/mol. The molecule has 0 N–H and O–H groups in total. The van der Waals surface area contributed by atoms with Crippen LogP contribution < -0.4 is 0 Å². The first-order valence-electron chi connectivity index (χ1n) is 5.31. The Balaban J connectivity index is 2.40. The number of fused-ring (bicyclic) bond motifs is 2. The summed E-state index contributed by atoms with van der Waals surface area (Å²) in [6.45, 7) is 0. The normalized spacial score (nSPS) is 13.2. The predicted molar refractivity (Wildman–Crippen MR) is 79.7 cm³/mol. The maximum absolute atomic E-state index is 12.4. The zero-order chi connectivity index (χ0) is 12.9. The van der Waals surface area contributed by atoms with Crippen LogP contribution in [0.2, 0.25) is 0 Å². The first-order chi connectivity index (χ1) is 8.61. The Morgan fingerprint density at radius 2 is 1.39 bits per heavy atom. The molecule has 0 saturated carbocycles. The Kier molecular flexibility index (Phi) is 2.79. The first-order valence-corrected chi connectivity index (χ1v) is 6.83. The molecule has 0 atom stereocenters. The molecular formula is C14H7IO2S. The molecule has 0 heterocycles. The van der Waals surface area contributed by atoms with Crippen LogP contribution in [0, 0.1) is 3.57 Å². The summed E-state index contributed by atoms with van der Waals surface area (Å²) >= 11 is 6.36. The van der Waals surface area contributed by atoms with Gasteiger partial charge in [0.15, 0.2) is 11.6 Å². The van der Waals surface area contributed by atoms with Gasteiger partial charge in [0.25, 0.3) is 0 Å². The molecule has 4 heteroatoms. The zero-order valence-corrected chi connectivity index (χ0v) is 12.2. The van der Waals surface area contributed by atoms with Crippen LogP contribution in [0.25, 0.3) is 0 Å². The second kappa shape index (κ2) is 4.20. The van der Waals surface area contributed by atoms with E-state index in [1.54, 1.807) is 30.3 Å². The lowest BCUT2D eigenvalue weighted by molar-refractivity contribution is 0.0976. The summed E-state index contributed by atoms with van der Waals surface area (Å²) in [5.41, 5.74) is 1.85. The SMILES string of the molecule is O=C1c2cccc(I)c2C(=O)c2cccc(S)c21. The van der Waals surface area contributed by atoms with Crippen LogP contribution in [0.1, 0.15) is 31.8 Å². The fourth-order valence-corrected chi connectivity index (χ4v) is 3.23. The van der Waals surface area contributed by atoms with Gasteiger partial charge >= 0.3 is 0 Å². The lowest BCUT2D eigenvalue weighted by Crippen LogP contribution is -2.22. The van der Waals surface area contributed by atoms with Crippen molar-refractivity contribution >= 4 is 46.8 Å². The molecule has 1 aliphatic carbocycles. The maximum atomic E-state index is 12.4. The predicted octanol–water partition coefficient (Wildman–Crippen LogP) is 3.36. The summed E-state index contributed by atoms with van der Waals surface area (Å²) in [4.78, 5) is 25.4. The third-order valence-corrected chi connectivity index (χ3v) is 4.27. The van der Waals surface area contributed by atoms with Crippen LogP contribution in [0.4, 0.5) is 0 Å². The van der Waals surface area contributed by atoms with Crippen LogP contribution in [0.3, 0.4) is 0 Å². The van der Waals surface area contributed by atoms with Crippen LogP contribution in [-0.2, 0) is 0 Å². The monoisotopic (exact) mass is 366 g/mol. The van der Waals surface area contributed by atoms with Gasteiger partial charge in [-0.2, -0.15) is 0 Å². The van der Waals surface area contributed by atoms with E-state index >= 15 is 0 Å². The molecule has 0 radical (unpaired) electrons. The standard InChI is InChI=1S/C14H7IO2S/c15-9-5-1-3-7-11(9)13(16)8-4-2-6-10(18)12(8)14(7)17/h1-6,18H. The summed E-state index contributed by atoms with van der Waals surface area (Å²) in [5, 5.41) is 0. The van der Waals surface area contributed by atoms with E-state index in [0.717, 1.165) is 3.57 Å². The van der Waals surface area contributed by atoms with Crippen molar-refractivity contribution in [2.45, 2.75) is 4.90 Å². The van der Waals surface area contributed by atoms with Crippen LogP contribution in [0.15, 0.2) is 41.3 Å². The molecule has 88 valence electrons. The molecule has 0 aromatic heterocycles. The summed E-state index contributed by atoms with van der Waals surface area (Å²) < 4.78 is 0.804. The van der Waals surface area contributed by atoms with Crippen molar-refractivity contribution in [1.29, 1.82) is 0 Å².